The fourth-order valence-electron chi connectivity index (χ4n) is 11.3. The molecule has 0 aliphatic heterocycles. The zero-order valence-electron chi connectivity index (χ0n) is 50.0. The first-order chi connectivity index (χ1) is 38.3. The number of H-pyrrole nitrogens is 2. The maximum Gasteiger partial charge on any atom is 1.00 e. The van der Waals surface area contributed by atoms with Gasteiger partial charge in [-0.05, 0) is 130 Å². The molecule has 2 aliphatic carbocycles. The number of esters is 1. The Balaban J connectivity index is 0.000000481. The second-order valence-electron chi connectivity index (χ2n) is 21.4. The normalized spacial score (nSPS) is 19.2. The number of methoxy groups -OCH3 is 2. The minimum atomic E-state index is -3.35. The van der Waals surface area contributed by atoms with E-state index >= 15 is 8.78 Å². The van der Waals surface area contributed by atoms with E-state index in [1.807, 2.05) is 90.3 Å². The van der Waals surface area contributed by atoms with Gasteiger partial charge in [-0.3, -0.25) is 9.59 Å². The van der Waals surface area contributed by atoms with Crippen LogP contribution in [0.4, 0.5) is 26.3 Å². The van der Waals surface area contributed by atoms with Crippen LogP contribution in [0.2, 0.25) is 0 Å². The molecule has 0 amide bonds. The number of carbonyl (C=O) groups excluding carboxylic acids is 3. The molecule has 3 N–H and O–H groups in total. The number of para-hydroxylation sites is 4. The van der Waals surface area contributed by atoms with Crippen molar-refractivity contribution in [1.29, 1.82) is 0 Å². The number of benzene rings is 4. The molecule has 446 valence electrons. The van der Waals surface area contributed by atoms with Crippen molar-refractivity contribution in [3.8, 4) is 0 Å². The smallest absolute Gasteiger partial charge is 1.00 e. The predicted octanol–water partition coefficient (Wildman–Crippen LogP) is 4.40. The van der Waals surface area contributed by atoms with Gasteiger partial charge in [0.25, 0.3) is 18.3 Å². The zero-order valence-corrected chi connectivity index (χ0v) is 56.0. The molecular formula is C59H75ClF6K2N6O9. The molecule has 2 aromatic heterocycles. The molecule has 15 nitrogen and oxygen atoms in total. The largest absolute Gasteiger partial charge is 1.00 e. The summed E-state index contributed by atoms with van der Waals surface area (Å²) in [7, 11) is 6.64. The van der Waals surface area contributed by atoms with Crippen LogP contribution in [0.1, 0.15) is 113 Å². The molecule has 0 spiro atoms. The van der Waals surface area contributed by atoms with Crippen molar-refractivity contribution in [2.75, 3.05) is 67.7 Å². The molecule has 0 saturated carbocycles. The summed E-state index contributed by atoms with van der Waals surface area (Å²) in [5.41, 5.74) is 0.928. The van der Waals surface area contributed by atoms with Gasteiger partial charge in [0.2, 0.25) is 5.24 Å². The third kappa shape index (κ3) is 21.3. The number of alkyl halides is 4. The average molecular weight is 1240 g/mol. The fourth-order valence-corrected chi connectivity index (χ4v) is 11.4. The molecule has 0 fully saturated rings. The van der Waals surface area contributed by atoms with Crippen LogP contribution in [0.3, 0.4) is 0 Å². The summed E-state index contributed by atoms with van der Waals surface area (Å²) < 4.78 is 104. The van der Waals surface area contributed by atoms with Crippen LogP contribution in [-0.2, 0) is 58.2 Å². The summed E-state index contributed by atoms with van der Waals surface area (Å²) >= 11 is 4.81. The van der Waals surface area contributed by atoms with Gasteiger partial charge in [-0.2, -0.15) is 0 Å². The number of rotatable bonds is 22. The summed E-state index contributed by atoms with van der Waals surface area (Å²) in [5, 5.41) is 19.4. The van der Waals surface area contributed by atoms with Crippen LogP contribution >= 0.6 is 11.6 Å². The number of hydrogen-bond donors (Lipinski definition) is 3. The summed E-state index contributed by atoms with van der Waals surface area (Å²) in [6.45, 7) is 9.56. The Morgan fingerprint density at radius 2 is 1.16 bits per heavy atom. The van der Waals surface area contributed by atoms with E-state index in [-0.39, 0.29) is 160 Å². The molecule has 0 unspecified atom stereocenters. The number of aryl methyl sites for hydroxylation is 2. The Morgan fingerprint density at radius 1 is 0.723 bits per heavy atom. The minimum Gasteiger partial charge on any atom is -1.00 e. The number of fused-ring (bicyclic) bond motifs is 4. The Morgan fingerprint density at radius 3 is 1.57 bits per heavy atom. The van der Waals surface area contributed by atoms with Crippen LogP contribution in [0.5, 0.6) is 0 Å². The van der Waals surface area contributed by atoms with Crippen molar-refractivity contribution in [1.82, 2.24) is 29.7 Å². The zero-order chi connectivity index (χ0) is 59.7. The van der Waals surface area contributed by atoms with E-state index in [0.29, 0.717) is 30.8 Å². The van der Waals surface area contributed by atoms with Gasteiger partial charge in [0.15, 0.2) is 0 Å². The summed E-state index contributed by atoms with van der Waals surface area (Å²) in [6, 6.07) is 22.8. The Hall–Kier alpha value is -2.67. The van der Waals surface area contributed by atoms with Crippen molar-refractivity contribution >= 4 is 51.4 Å². The number of halogens is 7. The number of hydrogen-bond acceptors (Lipinski definition) is 13. The summed E-state index contributed by atoms with van der Waals surface area (Å²) in [6.07, 6.45) is 2.25. The van der Waals surface area contributed by atoms with Crippen LogP contribution < -0.4 is 108 Å². The first-order valence-corrected chi connectivity index (χ1v) is 27.1. The van der Waals surface area contributed by atoms with Crippen molar-refractivity contribution < 1.29 is 174 Å². The Bertz CT molecular complexity index is 2940. The third-order valence-electron chi connectivity index (χ3n) is 14.5. The molecule has 83 heavy (non-hydrogen) atoms. The number of imidazole rings is 2. The molecule has 4 aromatic carbocycles. The first kappa shape index (κ1) is 74.6. The van der Waals surface area contributed by atoms with Gasteiger partial charge < -0.3 is 50.7 Å². The molecule has 0 bridgehead atoms. The van der Waals surface area contributed by atoms with Crippen LogP contribution in [0.15, 0.2) is 84.9 Å². The van der Waals surface area contributed by atoms with Crippen molar-refractivity contribution in [3.63, 3.8) is 0 Å². The molecule has 0 saturated heterocycles. The Labute approximate surface area is 572 Å². The van der Waals surface area contributed by atoms with Crippen molar-refractivity contribution in [3.05, 3.63) is 130 Å². The van der Waals surface area contributed by atoms with E-state index in [4.69, 9.17) is 31.1 Å². The molecule has 6 aromatic rings. The van der Waals surface area contributed by atoms with E-state index < -0.39 is 70.6 Å². The molecule has 4 atom stereocenters. The number of aromatic nitrogens is 4. The second kappa shape index (κ2) is 34.8. The van der Waals surface area contributed by atoms with Gasteiger partial charge in [-0.1, -0.05) is 64.1 Å². The first-order valence-electron chi connectivity index (χ1n) is 26.7. The SMILES string of the molecule is CC(C)[C@H]1c2ccc(F)cc2C(F)(F)C[C@]1(O)CCN(C)CCCc1nc2ccccc2[nH]1.COCC(=O)Cl.COCC(=O)O[C@]1(CCN(C)CCCc2nc3ccccc3[nH]2)CC(F)(F)c2cc(F)ccc2[C@@H]1C(C)C.O=CO[O-].[H-].[K+].[K+]. The van der Waals surface area contributed by atoms with E-state index in [1.165, 1.54) is 38.5 Å². The van der Waals surface area contributed by atoms with Gasteiger partial charge >= 0.3 is 109 Å². The number of aliphatic hydroxyl groups is 1. The Kier molecular flexibility index (Phi) is 31.2. The summed E-state index contributed by atoms with van der Waals surface area (Å²) in [4.78, 5) is 53.5. The third-order valence-corrected chi connectivity index (χ3v) is 14.6. The second-order valence-corrected chi connectivity index (χ2v) is 21.9. The van der Waals surface area contributed by atoms with Gasteiger partial charge in [0.1, 0.15) is 42.1 Å². The van der Waals surface area contributed by atoms with Crippen LogP contribution in [0, 0.1) is 23.5 Å². The monoisotopic (exact) mass is 1240 g/mol. The van der Waals surface area contributed by atoms with E-state index in [0.717, 1.165) is 78.1 Å². The van der Waals surface area contributed by atoms with Gasteiger partial charge in [0, 0.05) is 76.0 Å². The maximum atomic E-state index is 15.5. The number of nitrogens with one attached hydrogen (secondary N) is 2. The molecule has 24 heteroatoms. The molecule has 8 rings (SSSR count). The van der Waals surface area contributed by atoms with Gasteiger partial charge in [-0.15, -0.1) is 0 Å². The number of nitrogens with zero attached hydrogens (tertiary/aromatic N) is 4. The molecule has 2 heterocycles. The van der Waals surface area contributed by atoms with Crippen molar-refractivity contribution in [2.24, 2.45) is 11.8 Å². The standard InChI is InChI=1S/C29H36F3N3O3.C26H32F3N3O.C3H5ClO2.CH2O3.2K.H/c1-19(2)27-21-12-11-20(30)16-22(21)29(31,32)18-28(27,38-26(36)17-37-4)13-15-35(3)14-7-10-25-33-23-8-5-6-9-24(23)34-25;1-17(2)24-19-11-10-18(27)15-20(19)26(28,29)16-25(24,33)12-14-32(3)13-6-9-23-30-21-7-4-5-8-22(21)31-23;1-6-2-3(4)5;2-1-4-3;;;/h5-6,8-9,11-12,16,19,27H,7,10,13-15,17-18H2,1-4H3,(H,33,34);4-5,7-8,10-11,15,17,24,33H,6,9,12-14,16H2,1-3H3,(H,30,31);2H2,1H3;1,3H;;;/q;;;;2*+1;-1/p-1/t27-,28+;24-,25+;;;;;/m00...../s1. The number of ether oxygens (including phenoxy) is 3. The maximum absolute atomic E-state index is 15.5. The average Bonchev–Trinajstić information content (AvgIpc) is 1.57. The van der Waals surface area contributed by atoms with Crippen molar-refractivity contribution in [2.45, 2.75) is 114 Å². The van der Waals surface area contributed by atoms with Crippen LogP contribution in [-0.4, -0.2) is 131 Å². The van der Waals surface area contributed by atoms with E-state index in [9.17, 15) is 32.3 Å². The fraction of sp³-hybridized carbons (Fsp3) is 0.508. The topological polar surface area (TPSA) is 195 Å². The number of aromatic amines is 2. The molecule has 0 radical (unpaired) electrons. The summed E-state index contributed by atoms with van der Waals surface area (Å²) in [5.74, 6) is -8.06. The quantitative estimate of drug-likeness (QED) is 0.0165. The molecule has 2 aliphatic rings. The van der Waals surface area contributed by atoms with Gasteiger partial charge in [0.05, 0.1) is 34.1 Å². The van der Waals surface area contributed by atoms with E-state index in [1.54, 1.807) is 0 Å². The van der Waals surface area contributed by atoms with Gasteiger partial charge in [-0.25, -0.2) is 41.1 Å². The molecular weight excluding hydrogens is 1160 g/mol. The van der Waals surface area contributed by atoms with E-state index in [2.05, 4.69) is 39.4 Å². The minimum absolute atomic E-state index is 0. The number of carbonyl (C=O) groups is 3. The van der Waals surface area contributed by atoms with Crippen LogP contribution in [0.25, 0.3) is 22.1 Å². The predicted molar refractivity (Wildman–Crippen MR) is 295 cm³/mol.